The molecule has 0 saturated heterocycles. The predicted molar refractivity (Wildman–Crippen MR) is 99.5 cm³/mol. The van der Waals surface area contributed by atoms with Crippen molar-refractivity contribution in [3.63, 3.8) is 0 Å². The molecule has 0 radical (unpaired) electrons. The molecule has 3 aromatic carbocycles. The van der Waals surface area contributed by atoms with Crippen LogP contribution in [0.3, 0.4) is 0 Å². The highest BCUT2D eigenvalue weighted by Crippen LogP contribution is 2.18. The summed E-state index contributed by atoms with van der Waals surface area (Å²) in [6, 6.07) is 22.8. The van der Waals surface area contributed by atoms with Crippen LogP contribution < -0.4 is 10.9 Å². The van der Waals surface area contributed by atoms with Gasteiger partial charge < -0.3 is 4.42 Å². The Balaban J connectivity index is 1.38. The Hall–Kier alpha value is -3.60. The van der Waals surface area contributed by atoms with Gasteiger partial charge in [0.25, 0.3) is 0 Å². The Morgan fingerprint density at radius 3 is 2.31 bits per heavy atom. The summed E-state index contributed by atoms with van der Waals surface area (Å²) in [6.07, 6.45) is 0.172. The lowest BCUT2D eigenvalue weighted by Gasteiger charge is -2.07. The lowest BCUT2D eigenvalue weighted by Crippen LogP contribution is -2.42. The number of nitrogens with one attached hydrogen (secondary N) is 2. The molecule has 2 amide bonds. The molecule has 26 heavy (non-hydrogen) atoms. The SMILES string of the molecule is O=C(Cc1ccc2ccccc2c1)NNC(=O)c1cc2ccccc2o1. The number of amides is 2. The van der Waals surface area contributed by atoms with Crippen molar-refractivity contribution in [2.75, 3.05) is 0 Å². The van der Waals surface area contributed by atoms with Crippen molar-refractivity contribution < 1.29 is 14.0 Å². The zero-order valence-electron chi connectivity index (χ0n) is 13.9. The molecule has 0 aliphatic rings. The van der Waals surface area contributed by atoms with Crippen LogP contribution in [0.4, 0.5) is 0 Å². The van der Waals surface area contributed by atoms with E-state index in [2.05, 4.69) is 10.9 Å². The number of hydrogen-bond acceptors (Lipinski definition) is 3. The van der Waals surface area contributed by atoms with Crippen LogP contribution in [0.15, 0.2) is 77.2 Å². The normalized spacial score (nSPS) is 10.8. The van der Waals surface area contributed by atoms with Crippen molar-refractivity contribution in [1.82, 2.24) is 10.9 Å². The van der Waals surface area contributed by atoms with Crippen LogP contribution in [0.1, 0.15) is 16.1 Å². The van der Waals surface area contributed by atoms with Crippen molar-refractivity contribution in [2.45, 2.75) is 6.42 Å². The molecule has 0 unspecified atom stereocenters. The van der Waals surface area contributed by atoms with Gasteiger partial charge in [0, 0.05) is 5.39 Å². The summed E-state index contributed by atoms with van der Waals surface area (Å²) >= 11 is 0. The molecule has 1 aromatic heterocycles. The fourth-order valence-corrected chi connectivity index (χ4v) is 2.86. The Morgan fingerprint density at radius 2 is 1.50 bits per heavy atom. The second-order valence-corrected chi connectivity index (χ2v) is 6.01. The molecule has 128 valence electrons. The molecule has 5 heteroatoms. The predicted octanol–water partition coefficient (Wildman–Crippen LogP) is 3.59. The first kappa shape index (κ1) is 15.9. The summed E-state index contributed by atoms with van der Waals surface area (Å²) in [4.78, 5) is 24.2. The number of carbonyl (C=O) groups excluding carboxylic acids is 2. The number of rotatable bonds is 3. The van der Waals surface area contributed by atoms with E-state index in [0.717, 1.165) is 21.7 Å². The van der Waals surface area contributed by atoms with Crippen molar-refractivity contribution in [1.29, 1.82) is 0 Å². The summed E-state index contributed by atoms with van der Waals surface area (Å²) in [5, 5.41) is 3.03. The maximum absolute atomic E-state index is 12.1. The Morgan fingerprint density at radius 1 is 0.769 bits per heavy atom. The second-order valence-electron chi connectivity index (χ2n) is 6.01. The number of carbonyl (C=O) groups is 2. The van der Waals surface area contributed by atoms with E-state index in [1.165, 1.54) is 0 Å². The lowest BCUT2D eigenvalue weighted by atomic mass is 10.1. The summed E-state index contributed by atoms with van der Waals surface area (Å²) in [5.41, 5.74) is 6.31. The highest BCUT2D eigenvalue weighted by molar-refractivity contribution is 5.97. The van der Waals surface area contributed by atoms with Crippen LogP contribution in [0, 0.1) is 0 Å². The van der Waals surface area contributed by atoms with Crippen LogP contribution in [-0.4, -0.2) is 11.8 Å². The highest BCUT2D eigenvalue weighted by Gasteiger charge is 2.13. The maximum atomic E-state index is 12.1. The molecule has 0 bridgehead atoms. The van der Waals surface area contributed by atoms with E-state index < -0.39 is 5.91 Å². The third kappa shape index (κ3) is 3.28. The lowest BCUT2D eigenvalue weighted by molar-refractivity contribution is -0.121. The first-order valence-corrected chi connectivity index (χ1v) is 8.24. The molecule has 4 rings (SSSR count). The van der Waals surface area contributed by atoms with E-state index in [1.54, 1.807) is 12.1 Å². The fraction of sp³-hybridized carbons (Fsp3) is 0.0476. The summed E-state index contributed by atoms with van der Waals surface area (Å²) in [5.74, 6) is -0.644. The number of benzene rings is 3. The molecule has 0 fully saturated rings. The van der Waals surface area contributed by atoms with Gasteiger partial charge in [-0.15, -0.1) is 0 Å². The minimum Gasteiger partial charge on any atom is -0.451 e. The van der Waals surface area contributed by atoms with Gasteiger partial charge in [0.1, 0.15) is 5.58 Å². The molecule has 0 aliphatic carbocycles. The quantitative estimate of drug-likeness (QED) is 0.558. The van der Waals surface area contributed by atoms with E-state index >= 15 is 0 Å². The molecular weight excluding hydrogens is 328 g/mol. The van der Waals surface area contributed by atoms with Gasteiger partial charge in [-0.1, -0.05) is 60.7 Å². The minimum atomic E-state index is -0.493. The maximum Gasteiger partial charge on any atom is 0.305 e. The van der Waals surface area contributed by atoms with Crippen molar-refractivity contribution in [3.05, 3.63) is 84.1 Å². The molecule has 0 atom stereocenters. The largest absolute Gasteiger partial charge is 0.451 e. The van der Waals surface area contributed by atoms with E-state index in [1.807, 2.05) is 60.7 Å². The second kappa shape index (κ2) is 6.72. The first-order chi connectivity index (χ1) is 12.7. The van der Waals surface area contributed by atoms with Gasteiger partial charge in [-0.05, 0) is 28.5 Å². The zero-order chi connectivity index (χ0) is 17.9. The first-order valence-electron chi connectivity index (χ1n) is 8.24. The highest BCUT2D eigenvalue weighted by atomic mass is 16.3. The van der Waals surface area contributed by atoms with Gasteiger partial charge in [-0.3, -0.25) is 20.4 Å². The van der Waals surface area contributed by atoms with Gasteiger partial charge in [-0.25, -0.2) is 0 Å². The Bertz CT molecular complexity index is 1080. The Labute approximate surface area is 149 Å². The third-order valence-corrected chi connectivity index (χ3v) is 4.14. The monoisotopic (exact) mass is 344 g/mol. The average Bonchev–Trinajstić information content (AvgIpc) is 3.10. The summed E-state index contributed by atoms with van der Waals surface area (Å²) < 4.78 is 5.47. The molecule has 4 aromatic rings. The number of furan rings is 1. The van der Waals surface area contributed by atoms with Crippen LogP contribution in [0.2, 0.25) is 0 Å². The van der Waals surface area contributed by atoms with Gasteiger partial charge >= 0.3 is 5.91 Å². The number of fused-ring (bicyclic) bond motifs is 2. The van der Waals surface area contributed by atoms with Crippen molar-refractivity contribution >= 4 is 33.6 Å². The van der Waals surface area contributed by atoms with E-state index in [-0.39, 0.29) is 18.1 Å². The molecular formula is C21H16N2O3. The van der Waals surface area contributed by atoms with E-state index in [0.29, 0.717) is 5.58 Å². The van der Waals surface area contributed by atoms with Gasteiger partial charge in [0.05, 0.1) is 6.42 Å². The smallest absolute Gasteiger partial charge is 0.305 e. The van der Waals surface area contributed by atoms with Gasteiger partial charge in [-0.2, -0.15) is 0 Å². The molecule has 5 nitrogen and oxygen atoms in total. The minimum absolute atomic E-state index is 0.150. The standard InChI is InChI=1S/C21H16N2O3/c24-20(12-14-9-10-15-5-1-2-6-16(15)11-14)22-23-21(25)19-13-17-7-3-4-8-18(17)26-19/h1-11,13H,12H2,(H,22,24)(H,23,25). The zero-order valence-corrected chi connectivity index (χ0v) is 13.9. The van der Waals surface area contributed by atoms with Gasteiger partial charge in [0.15, 0.2) is 5.76 Å². The fourth-order valence-electron chi connectivity index (χ4n) is 2.86. The number of hydrogen-bond donors (Lipinski definition) is 2. The van der Waals surface area contributed by atoms with Crippen molar-refractivity contribution in [2.24, 2.45) is 0 Å². The average molecular weight is 344 g/mol. The molecule has 1 heterocycles. The summed E-state index contributed by atoms with van der Waals surface area (Å²) in [7, 11) is 0. The molecule has 0 aliphatic heterocycles. The third-order valence-electron chi connectivity index (χ3n) is 4.14. The number of hydrazine groups is 1. The van der Waals surface area contributed by atoms with Crippen LogP contribution >= 0.6 is 0 Å². The topological polar surface area (TPSA) is 71.3 Å². The summed E-state index contributed by atoms with van der Waals surface area (Å²) in [6.45, 7) is 0. The van der Waals surface area contributed by atoms with E-state index in [4.69, 9.17) is 4.42 Å². The molecule has 2 N–H and O–H groups in total. The van der Waals surface area contributed by atoms with Gasteiger partial charge in [0.2, 0.25) is 5.91 Å². The van der Waals surface area contributed by atoms with Crippen LogP contribution in [0.5, 0.6) is 0 Å². The van der Waals surface area contributed by atoms with Crippen LogP contribution in [0.25, 0.3) is 21.7 Å². The van der Waals surface area contributed by atoms with Crippen LogP contribution in [-0.2, 0) is 11.2 Å². The van der Waals surface area contributed by atoms with Crippen molar-refractivity contribution in [3.8, 4) is 0 Å². The Kier molecular flexibility index (Phi) is 4.11. The van der Waals surface area contributed by atoms with E-state index in [9.17, 15) is 9.59 Å². The molecule has 0 spiro atoms. The molecule has 0 saturated carbocycles. The number of para-hydroxylation sites is 1.